The van der Waals surface area contributed by atoms with Crippen LogP contribution in [0.15, 0.2) is 12.2 Å². The number of unbranched alkanes of at least 4 members (excludes halogenated alkanes) is 1. The van der Waals surface area contributed by atoms with Gasteiger partial charge in [-0.3, -0.25) is 0 Å². The van der Waals surface area contributed by atoms with E-state index in [9.17, 15) is 0 Å². The van der Waals surface area contributed by atoms with Gasteiger partial charge in [-0.15, -0.1) is 0 Å². The van der Waals surface area contributed by atoms with Gasteiger partial charge in [-0.2, -0.15) is 0 Å². The minimum Gasteiger partial charge on any atom is -0.314 e. The first-order valence-electron chi connectivity index (χ1n) is 6.01. The summed E-state index contributed by atoms with van der Waals surface area (Å²) >= 11 is 0. The lowest BCUT2D eigenvalue weighted by atomic mass is 10.1. The first-order valence-corrected chi connectivity index (χ1v) is 6.01. The second-order valence-corrected chi connectivity index (χ2v) is 4.69. The van der Waals surface area contributed by atoms with Crippen LogP contribution in [0.1, 0.15) is 53.4 Å². The fourth-order valence-electron chi connectivity index (χ4n) is 1.33. The third-order valence-electron chi connectivity index (χ3n) is 2.18. The molecular formula is C13H27N. The van der Waals surface area contributed by atoms with Crippen LogP contribution in [0.3, 0.4) is 0 Å². The van der Waals surface area contributed by atoms with Gasteiger partial charge < -0.3 is 5.32 Å². The van der Waals surface area contributed by atoms with Crippen molar-refractivity contribution in [1.82, 2.24) is 5.32 Å². The van der Waals surface area contributed by atoms with Gasteiger partial charge in [0, 0.05) is 6.04 Å². The van der Waals surface area contributed by atoms with E-state index in [1.165, 1.54) is 25.7 Å². The van der Waals surface area contributed by atoms with Crippen LogP contribution in [-0.4, -0.2) is 12.6 Å². The Morgan fingerprint density at radius 1 is 1.00 bits per heavy atom. The Morgan fingerprint density at radius 2 is 1.64 bits per heavy atom. The first-order chi connectivity index (χ1) is 6.63. The number of hydrogen-bond acceptors (Lipinski definition) is 1. The molecule has 1 N–H and O–H groups in total. The van der Waals surface area contributed by atoms with Crippen LogP contribution < -0.4 is 5.32 Å². The van der Waals surface area contributed by atoms with Gasteiger partial charge in [0.05, 0.1) is 0 Å². The Kier molecular flexibility index (Phi) is 9.06. The summed E-state index contributed by atoms with van der Waals surface area (Å²) in [5.74, 6) is 0.853. The molecule has 14 heavy (non-hydrogen) atoms. The molecule has 0 unspecified atom stereocenters. The molecule has 0 fully saturated rings. The van der Waals surface area contributed by atoms with Crippen molar-refractivity contribution in [2.75, 3.05) is 6.54 Å². The molecule has 1 nitrogen and oxygen atoms in total. The van der Waals surface area contributed by atoms with Crippen molar-refractivity contribution >= 4 is 0 Å². The Labute approximate surface area is 90.0 Å². The van der Waals surface area contributed by atoms with Gasteiger partial charge in [0.2, 0.25) is 0 Å². The molecule has 0 aromatic heterocycles. The molecule has 84 valence electrons. The van der Waals surface area contributed by atoms with Crippen molar-refractivity contribution < 1.29 is 0 Å². The van der Waals surface area contributed by atoms with Crippen LogP contribution in [0.2, 0.25) is 0 Å². The molecule has 0 bridgehead atoms. The van der Waals surface area contributed by atoms with E-state index in [2.05, 4.69) is 45.2 Å². The fraction of sp³-hybridized carbons (Fsp3) is 0.846. The van der Waals surface area contributed by atoms with Crippen molar-refractivity contribution in [2.45, 2.75) is 59.4 Å². The highest BCUT2D eigenvalue weighted by atomic mass is 14.9. The van der Waals surface area contributed by atoms with E-state index in [4.69, 9.17) is 0 Å². The SMILES string of the molecule is CC(C)CCC/C=C/CCNC(C)C. The molecule has 0 spiro atoms. The average molecular weight is 197 g/mol. The Balaban J connectivity index is 3.12. The number of hydrogen-bond donors (Lipinski definition) is 1. The van der Waals surface area contributed by atoms with E-state index >= 15 is 0 Å². The number of allylic oxidation sites excluding steroid dienone is 1. The Bertz CT molecular complexity index is 120. The van der Waals surface area contributed by atoms with Crippen molar-refractivity contribution in [3.63, 3.8) is 0 Å². The van der Waals surface area contributed by atoms with Gasteiger partial charge in [-0.05, 0) is 31.7 Å². The van der Waals surface area contributed by atoms with Crippen LogP contribution in [-0.2, 0) is 0 Å². The minimum atomic E-state index is 0.615. The molecule has 0 radical (unpaired) electrons. The maximum atomic E-state index is 3.40. The highest BCUT2D eigenvalue weighted by Gasteiger charge is 1.91. The van der Waals surface area contributed by atoms with E-state index in [0.717, 1.165) is 12.5 Å². The van der Waals surface area contributed by atoms with E-state index in [1.807, 2.05) is 0 Å². The summed E-state index contributed by atoms with van der Waals surface area (Å²) in [5, 5.41) is 3.40. The molecule has 1 heteroatoms. The summed E-state index contributed by atoms with van der Waals surface area (Å²) in [7, 11) is 0. The smallest absolute Gasteiger partial charge is 0.00105 e. The quantitative estimate of drug-likeness (QED) is 0.461. The standard InChI is InChI=1S/C13H27N/c1-12(2)10-8-6-5-7-9-11-14-13(3)4/h5,7,12-14H,6,8-11H2,1-4H3/b7-5+. The van der Waals surface area contributed by atoms with Crippen LogP contribution >= 0.6 is 0 Å². The molecule has 0 heterocycles. The minimum absolute atomic E-state index is 0.615. The molecule has 0 aliphatic carbocycles. The van der Waals surface area contributed by atoms with Crippen LogP contribution in [0.25, 0.3) is 0 Å². The van der Waals surface area contributed by atoms with E-state index in [0.29, 0.717) is 6.04 Å². The highest BCUT2D eigenvalue weighted by molar-refractivity contribution is 4.82. The lowest BCUT2D eigenvalue weighted by Crippen LogP contribution is -2.23. The predicted octanol–water partition coefficient (Wildman–Crippen LogP) is 3.76. The molecule has 0 aliphatic heterocycles. The van der Waals surface area contributed by atoms with Crippen LogP contribution in [0.4, 0.5) is 0 Å². The van der Waals surface area contributed by atoms with Gasteiger partial charge in [0.25, 0.3) is 0 Å². The monoisotopic (exact) mass is 197 g/mol. The molecular weight excluding hydrogens is 170 g/mol. The van der Waals surface area contributed by atoms with E-state index in [1.54, 1.807) is 0 Å². The summed E-state index contributed by atoms with van der Waals surface area (Å²) in [6.45, 7) is 10.1. The van der Waals surface area contributed by atoms with Crippen molar-refractivity contribution in [1.29, 1.82) is 0 Å². The molecule has 0 amide bonds. The van der Waals surface area contributed by atoms with Crippen LogP contribution in [0, 0.1) is 5.92 Å². The molecule has 0 saturated carbocycles. The first kappa shape index (κ1) is 13.7. The summed E-state index contributed by atoms with van der Waals surface area (Å²) in [4.78, 5) is 0. The summed E-state index contributed by atoms with van der Waals surface area (Å²) in [6.07, 6.45) is 9.74. The Morgan fingerprint density at radius 3 is 2.21 bits per heavy atom. The Hall–Kier alpha value is -0.300. The van der Waals surface area contributed by atoms with Crippen molar-refractivity contribution in [3.8, 4) is 0 Å². The maximum absolute atomic E-state index is 3.40. The molecule has 0 atom stereocenters. The van der Waals surface area contributed by atoms with Crippen LogP contribution in [0.5, 0.6) is 0 Å². The third kappa shape index (κ3) is 11.7. The van der Waals surface area contributed by atoms with Gasteiger partial charge >= 0.3 is 0 Å². The van der Waals surface area contributed by atoms with E-state index in [-0.39, 0.29) is 0 Å². The van der Waals surface area contributed by atoms with Gasteiger partial charge in [-0.25, -0.2) is 0 Å². The summed E-state index contributed by atoms with van der Waals surface area (Å²) in [5.41, 5.74) is 0. The zero-order valence-corrected chi connectivity index (χ0v) is 10.3. The molecule has 0 aromatic rings. The van der Waals surface area contributed by atoms with Gasteiger partial charge in [0.15, 0.2) is 0 Å². The highest BCUT2D eigenvalue weighted by Crippen LogP contribution is 2.06. The van der Waals surface area contributed by atoms with Gasteiger partial charge in [0.1, 0.15) is 0 Å². The second-order valence-electron chi connectivity index (χ2n) is 4.69. The molecule has 0 saturated heterocycles. The fourth-order valence-corrected chi connectivity index (χ4v) is 1.33. The predicted molar refractivity (Wildman–Crippen MR) is 65.6 cm³/mol. The topological polar surface area (TPSA) is 12.0 Å². The zero-order chi connectivity index (χ0) is 10.8. The zero-order valence-electron chi connectivity index (χ0n) is 10.3. The molecule has 0 aromatic carbocycles. The summed E-state index contributed by atoms with van der Waals surface area (Å²) in [6, 6.07) is 0.615. The number of rotatable bonds is 8. The largest absolute Gasteiger partial charge is 0.314 e. The van der Waals surface area contributed by atoms with E-state index < -0.39 is 0 Å². The van der Waals surface area contributed by atoms with Crippen molar-refractivity contribution in [2.24, 2.45) is 5.92 Å². The number of nitrogens with one attached hydrogen (secondary N) is 1. The normalized spacial score (nSPS) is 12.1. The lowest BCUT2D eigenvalue weighted by Gasteiger charge is -2.05. The lowest BCUT2D eigenvalue weighted by molar-refractivity contribution is 0.559. The van der Waals surface area contributed by atoms with Crippen molar-refractivity contribution in [3.05, 3.63) is 12.2 Å². The average Bonchev–Trinajstić information content (AvgIpc) is 2.08. The third-order valence-corrected chi connectivity index (χ3v) is 2.18. The molecule has 0 rings (SSSR count). The van der Waals surface area contributed by atoms with Gasteiger partial charge in [-0.1, -0.05) is 46.3 Å². The second kappa shape index (κ2) is 9.26. The summed E-state index contributed by atoms with van der Waals surface area (Å²) < 4.78 is 0. The molecule has 0 aliphatic rings. The maximum Gasteiger partial charge on any atom is 0.00105 e.